The number of hydrogen-bond acceptors (Lipinski definition) is 4. The van der Waals surface area contributed by atoms with Gasteiger partial charge in [0.15, 0.2) is 11.6 Å². The van der Waals surface area contributed by atoms with Crippen molar-refractivity contribution >= 4 is 17.3 Å². The quantitative estimate of drug-likeness (QED) is 0.747. The number of carbonyl (C=O) groups is 2. The summed E-state index contributed by atoms with van der Waals surface area (Å²) in [6.07, 6.45) is 0.336. The van der Waals surface area contributed by atoms with E-state index in [1.165, 1.54) is 0 Å². The fourth-order valence-corrected chi connectivity index (χ4v) is 2.55. The van der Waals surface area contributed by atoms with Crippen LogP contribution in [0.25, 0.3) is 0 Å². The monoisotopic (exact) mass is 276 g/mol. The Morgan fingerprint density at radius 1 is 0.905 bits per heavy atom. The van der Waals surface area contributed by atoms with Gasteiger partial charge < -0.3 is 5.32 Å². The largest absolute Gasteiger partial charge is 0.383 e. The van der Waals surface area contributed by atoms with Crippen molar-refractivity contribution in [2.75, 3.05) is 11.9 Å². The minimum absolute atomic E-state index is 0.135. The summed E-state index contributed by atoms with van der Waals surface area (Å²) in [5.41, 5.74) is 2.31. The number of ketones is 2. The van der Waals surface area contributed by atoms with Crippen LogP contribution in [0.4, 0.5) is 5.69 Å². The van der Waals surface area contributed by atoms with Crippen LogP contribution >= 0.6 is 0 Å². The average molecular weight is 276 g/mol. The molecule has 0 fully saturated rings. The van der Waals surface area contributed by atoms with Crippen LogP contribution in [-0.2, 0) is 0 Å². The first-order valence-corrected chi connectivity index (χ1v) is 6.66. The second kappa shape index (κ2) is 5.22. The molecular weight excluding hydrogens is 264 g/mol. The van der Waals surface area contributed by atoms with Gasteiger partial charge in [-0.15, -0.1) is 0 Å². The molecular formula is C17H12N2O2. The molecule has 0 atom stereocenters. The smallest absolute Gasteiger partial charge is 0.196 e. The van der Waals surface area contributed by atoms with Gasteiger partial charge >= 0.3 is 0 Å². The molecule has 0 heterocycles. The van der Waals surface area contributed by atoms with E-state index in [4.69, 9.17) is 5.26 Å². The lowest BCUT2D eigenvalue weighted by Crippen LogP contribution is -2.22. The predicted molar refractivity (Wildman–Crippen MR) is 78.5 cm³/mol. The molecule has 102 valence electrons. The summed E-state index contributed by atoms with van der Waals surface area (Å²) in [7, 11) is 0. The molecule has 0 aliphatic heterocycles. The maximum atomic E-state index is 12.6. The van der Waals surface area contributed by atoms with E-state index < -0.39 is 0 Å². The van der Waals surface area contributed by atoms with Gasteiger partial charge in [-0.05, 0) is 6.07 Å². The van der Waals surface area contributed by atoms with Crippen molar-refractivity contribution in [3.63, 3.8) is 0 Å². The van der Waals surface area contributed by atoms with Gasteiger partial charge in [-0.3, -0.25) is 9.59 Å². The summed E-state index contributed by atoms with van der Waals surface area (Å²) in [4.78, 5) is 25.2. The maximum absolute atomic E-state index is 12.6. The Hall–Kier alpha value is -2.93. The topological polar surface area (TPSA) is 70.0 Å². The van der Waals surface area contributed by atoms with Gasteiger partial charge in [0.1, 0.15) is 0 Å². The molecule has 2 aromatic carbocycles. The van der Waals surface area contributed by atoms with Crippen molar-refractivity contribution < 1.29 is 9.59 Å². The molecule has 0 amide bonds. The molecule has 0 bridgehead atoms. The third-order valence-corrected chi connectivity index (χ3v) is 3.50. The number of fused-ring (bicyclic) bond motifs is 2. The van der Waals surface area contributed by atoms with Crippen molar-refractivity contribution in [1.82, 2.24) is 0 Å². The number of nitrogens with zero attached hydrogens (tertiary/aromatic N) is 1. The molecule has 0 radical (unpaired) electrons. The molecule has 3 rings (SSSR count). The van der Waals surface area contributed by atoms with E-state index in [9.17, 15) is 9.59 Å². The van der Waals surface area contributed by atoms with Gasteiger partial charge in [-0.25, -0.2) is 0 Å². The molecule has 1 aliphatic rings. The summed E-state index contributed by atoms with van der Waals surface area (Å²) in [6, 6.07) is 14.1. The SMILES string of the molecule is N#CCCNc1cccc2c1C(=O)c1ccccc1C2=O. The van der Waals surface area contributed by atoms with E-state index in [0.29, 0.717) is 40.9 Å². The molecule has 0 spiro atoms. The van der Waals surface area contributed by atoms with Crippen LogP contribution in [0.15, 0.2) is 42.5 Å². The molecule has 21 heavy (non-hydrogen) atoms. The Bertz CT molecular complexity index is 788. The van der Waals surface area contributed by atoms with Crippen LogP contribution in [-0.4, -0.2) is 18.1 Å². The van der Waals surface area contributed by atoms with Crippen LogP contribution in [0.2, 0.25) is 0 Å². The predicted octanol–water partition coefficient (Wildman–Crippen LogP) is 2.79. The number of anilines is 1. The van der Waals surface area contributed by atoms with Crippen molar-refractivity contribution in [3.05, 3.63) is 64.7 Å². The van der Waals surface area contributed by atoms with Gasteiger partial charge in [0, 0.05) is 28.9 Å². The second-order valence-electron chi connectivity index (χ2n) is 4.77. The minimum atomic E-state index is -0.153. The van der Waals surface area contributed by atoms with E-state index in [-0.39, 0.29) is 11.6 Å². The van der Waals surface area contributed by atoms with Crippen LogP contribution in [0.1, 0.15) is 38.3 Å². The van der Waals surface area contributed by atoms with Gasteiger partial charge in [-0.2, -0.15) is 5.26 Å². The molecule has 4 heteroatoms. The van der Waals surface area contributed by atoms with E-state index in [1.54, 1.807) is 42.5 Å². The standard InChI is InChI=1S/C17H12N2O2/c18-9-4-10-19-14-8-3-7-13-15(14)17(21)12-6-2-1-5-11(12)16(13)20/h1-3,5-8,19H,4,10H2. The first-order chi connectivity index (χ1) is 10.2. The fraction of sp³-hybridized carbons (Fsp3) is 0.118. The lowest BCUT2D eigenvalue weighted by molar-refractivity contribution is 0.0979. The highest BCUT2D eigenvalue weighted by Gasteiger charge is 2.31. The van der Waals surface area contributed by atoms with Gasteiger partial charge in [-0.1, -0.05) is 36.4 Å². The highest BCUT2D eigenvalue weighted by molar-refractivity contribution is 6.30. The third-order valence-electron chi connectivity index (χ3n) is 3.50. The zero-order valence-electron chi connectivity index (χ0n) is 11.2. The van der Waals surface area contributed by atoms with E-state index in [0.717, 1.165) is 0 Å². The summed E-state index contributed by atoms with van der Waals surface area (Å²) < 4.78 is 0. The molecule has 2 aromatic rings. The van der Waals surface area contributed by atoms with Crippen LogP contribution < -0.4 is 5.32 Å². The van der Waals surface area contributed by atoms with E-state index >= 15 is 0 Å². The molecule has 1 N–H and O–H groups in total. The molecule has 0 saturated heterocycles. The first-order valence-electron chi connectivity index (χ1n) is 6.66. The number of carbonyl (C=O) groups excluding carboxylic acids is 2. The fourth-order valence-electron chi connectivity index (χ4n) is 2.55. The Balaban J connectivity index is 2.10. The molecule has 1 aliphatic carbocycles. The van der Waals surface area contributed by atoms with Gasteiger partial charge in [0.25, 0.3) is 0 Å². The van der Waals surface area contributed by atoms with Crippen molar-refractivity contribution in [2.24, 2.45) is 0 Å². The normalized spacial score (nSPS) is 12.3. The third kappa shape index (κ3) is 2.09. The Kier molecular flexibility index (Phi) is 3.25. The van der Waals surface area contributed by atoms with E-state index in [2.05, 4.69) is 5.32 Å². The van der Waals surface area contributed by atoms with Crippen LogP contribution in [0, 0.1) is 11.3 Å². The molecule has 0 unspecified atom stereocenters. The number of nitriles is 1. The summed E-state index contributed by atoms with van der Waals surface area (Å²) in [6.45, 7) is 0.441. The van der Waals surface area contributed by atoms with Crippen LogP contribution in [0.5, 0.6) is 0 Å². The van der Waals surface area contributed by atoms with Crippen molar-refractivity contribution in [3.8, 4) is 6.07 Å². The number of nitrogens with one attached hydrogen (secondary N) is 1. The first kappa shape index (κ1) is 13.1. The van der Waals surface area contributed by atoms with Crippen LogP contribution in [0.3, 0.4) is 0 Å². The highest BCUT2D eigenvalue weighted by Crippen LogP contribution is 2.31. The number of hydrogen-bond donors (Lipinski definition) is 1. The Labute approximate surface area is 122 Å². The van der Waals surface area contributed by atoms with E-state index in [1.807, 2.05) is 6.07 Å². The second-order valence-corrected chi connectivity index (χ2v) is 4.77. The van der Waals surface area contributed by atoms with Crippen molar-refractivity contribution in [2.45, 2.75) is 6.42 Å². The molecule has 0 aromatic heterocycles. The summed E-state index contributed by atoms with van der Waals surface area (Å²) >= 11 is 0. The lowest BCUT2D eigenvalue weighted by atomic mass is 9.83. The summed E-state index contributed by atoms with van der Waals surface area (Å²) in [5.74, 6) is -0.288. The lowest BCUT2D eigenvalue weighted by Gasteiger charge is -2.20. The zero-order chi connectivity index (χ0) is 14.8. The molecule has 0 saturated carbocycles. The van der Waals surface area contributed by atoms with Gasteiger partial charge in [0.05, 0.1) is 18.1 Å². The Morgan fingerprint density at radius 3 is 2.29 bits per heavy atom. The minimum Gasteiger partial charge on any atom is -0.383 e. The highest BCUT2D eigenvalue weighted by atomic mass is 16.1. The zero-order valence-corrected chi connectivity index (χ0v) is 11.2. The maximum Gasteiger partial charge on any atom is 0.196 e. The molecule has 4 nitrogen and oxygen atoms in total. The average Bonchev–Trinajstić information content (AvgIpc) is 2.53. The van der Waals surface area contributed by atoms with Gasteiger partial charge in [0.2, 0.25) is 0 Å². The van der Waals surface area contributed by atoms with Crippen molar-refractivity contribution in [1.29, 1.82) is 5.26 Å². The summed E-state index contributed by atoms with van der Waals surface area (Å²) in [5, 5.41) is 11.7. The number of rotatable bonds is 3. The number of benzene rings is 2. The Morgan fingerprint density at radius 2 is 1.57 bits per heavy atom.